The number of halogens is 4. The van der Waals surface area contributed by atoms with E-state index < -0.39 is 52.7 Å². The Labute approximate surface area is 444 Å². The van der Waals surface area contributed by atoms with E-state index in [0.29, 0.717) is 83.4 Å². The van der Waals surface area contributed by atoms with Gasteiger partial charge in [0.05, 0.1) is 30.0 Å². The fourth-order valence-corrected chi connectivity index (χ4v) is 8.99. The number of fused-ring (bicyclic) bond motifs is 2. The standard InChI is InChI=1S/C28H28F2N8O2S.C25H26F2N6O3/c1-4-16-8-9-17(25(39)36-27-32-11-13-41-27)14-18(16)22-19-15-33-28(40)38(23-20(29)6-5-7-21(23)30)24(19)35-26(34-22)31-10-12-37(2)3;1-4-14-8-9-15(23(34)35)12-16(14)20-17-13-29-25(36)33(21-18(26)6-5-7-19(21)27)22(17)31-24(30-20)28-10-11-32(2)3/h5-9,11,13-14H,4,10,12,15H2,1-3H3,(H,33,40)(H,31,34,35)(H,32,36,39);5-9,12H,4,10-11,13H2,1-3H3,(H,29,36)(H,34,35)(H,28,30,31). The first-order valence-corrected chi connectivity index (χ1v) is 25.2. The second kappa shape index (κ2) is 23.9. The number of aromatic nitrogens is 5. The van der Waals surface area contributed by atoms with E-state index in [-0.39, 0.29) is 48.1 Å². The van der Waals surface area contributed by atoms with Gasteiger partial charge in [-0.1, -0.05) is 38.1 Å². The van der Waals surface area contributed by atoms with Crippen LogP contribution in [0.3, 0.4) is 0 Å². The topological polar surface area (TPSA) is 226 Å². The summed E-state index contributed by atoms with van der Waals surface area (Å²) >= 11 is 1.30. The Morgan fingerprint density at radius 2 is 1.10 bits per heavy atom. The van der Waals surface area contributed by atoms with Gasteiger partial charge in [0, 0.05) is 65.6 Å². The molecule has 2 aliphatic heterocycles. The van der Waals surface area contributed by atoms with Crippen molar-refractivity contribution in [3.05, 3.63) is 141 Å². The summed E-state index contributed by atoms with van der Waals surface area (Å²) < 4.78 is 59.5. The number of carboxylic acid groups (broad SMARTS) is 1. The van der Waals surface area contributed by atoms with Gasteiger partial charge in [-0.05, 0) is 101 Å². The van der Waals surface area contributed by atoms with Gasteiger partial charge < -0.3 is 36.2 Å². The SMILES string of the molecule is CCc1ccc(C(=O)Nc2nccs2)cc1-c1nc(NCCN(C)C)nc2c1CNC(=O)N2c1c(F)cccc1F.CCc1ccc(C(=O)O)cc1-c1nc(NCCN(C)C)nc2c1CNC(=O)N2c1c(F)cccc1F. The molecule has 9 rings (SSSR count). The molecule has 0 aliphatic carbocycles. The minimum atomic E-state index is -1.10. The molecule has 0 unspecified atom stereocenters. The molecule has 0 saturated carbocycles. The molecule has 5 heterocycles. The molecule has 0 atom stereocenters. The number of nitrogens with zero attached hydrogens (tertiary/aromatic N) is 9. The first-order valence-electron chi connectivity index (χ1n) is 24.3. The zero-order valence-electron chi connectivity index (χ0n) is 42.8. The quantitative estimate of drug-likeness (QED) is 0.0468. The van der Waals surface area contributed by atoms with Crippen molar-refractivity contribution in [2.24, 2.45) is 0 Å². The van der Waals surface area contributed by atoms with E-state index in [4.69, 9.17) is 4.98 Å². The molecule has 77 heavy (non-hydrogen) atoms. The maximum atomic E-state index is 15.0. The van der Waals surface area contributed by atoms with E-state index in [1.807, 2.05) is 57.9 Å². The monoisotopic (exact) mass is 1070 g/mol. The van der Waals surface area contributed by atoms with Crippen molar-refractivity contribution in [3.8, 4) is 22.5 Å². The van der Waals surface area contributed by atoms with Crippen LogP contribution in [-0.2, 0) is 25.9 Å². The van der Waals surface area contributed by atoms with Crippen LogP contribution in [0.2, 0.25) is 0 Å². The number of thiazole rings is 1. The smallest absolute Gasteiger partial charge is 0.335 e. The summed E-state index contributed by atoms with van der Waals surface area (Å²) in [5.74, 6) is -4.74. The molecule has 7 aromatic rings. The van der Waals surface area contributed by atoms with Gasteiger partial charge in [-0.2, -0.15) is 9.97 Å². The summed E-state index contributed by atoms with van der Waals surface area (Å²) in [6.45, 7) is 6.16. The maximum Gasteiger partial charge on any atom is 0.335 e. The number of anilines is 7. The molecule has 0 bridgehead atoms. The molecule has 19 nitrogen and oxygen atoms in total. The minimum Gasteiger partial charge on any atom is -0.478 e. The van der Waals surface area contributed by atoms with Crippen LogP contribution in [-0.4, -0.2) is 118 Å². The predicted octanol–water partition coefficient (Wildman–Crippen LogP) is 9.05. The zero-order chi connectivity index (χ0) is 55.1. The lowest BCUT2D eigenvalue weighted by molar-refractivity contribution is 0.0696. The molecular formula is C53H54F4N14O5S. The molecule has 3 aromatic heterocycles. The summed E-state index contributed by atoms with van der Waals surface area (Å²) in [5, 5.41) is 26.2. The van der Waals surface area contributed by atoms with Crippen molar-refractivity contribution in [2.45, 2.75) is 39.8 Å². The maximum absolute atomic E-state index is 15.0. The number of carbonyl (C=O) groups is 4. The van der Waals surface area contributed by atoms with Crippen LogP contribution in [0.1, 0.15) is 56.8 Å². The summed E-state index contributed by atoms with van der Waals surface area (Å²) in [6, 6.07) is 15.3. The van der Waals surface area contributed by atoms with Gasteiger partial charge in [-0.15, -0.1) is 11.3 Å². The van der Waals surface area contributed by atoms with Crippen molar-refractivity contribution in [1.29, 1.82) is 0 Å². The Morgan fingerprint density at radius 3 is 1.51 bits per heavy atom. The number of hydrogen-bond donors (Lipinski definition) is 6. The molecule has 0 spiro atoms. The van der Waals surface area contributed by atoms with Crippen molar-refractivity contribution in [1.82, 2.24) is 45.4 Å². The van der Waals surface area contributed by atoms with Gasteiger partial charge in [0.15, 0.2) is 16.8 Å². The molecule has 0 radical (unpaired) electrons. The van der Waals surface area contributed by atoms with Crippen LogP contribution in [0.4, 0.5) is 67.2 Å². The second-order valence-electron chi connectivity index (χ2n) is 18.0. The second-order valence-corrected chi connectivity index (χ2v) is 18.9. The number of hydrogen-bond acceptors (Lipinski definition) is 14. The normalized spacial score (nSPS) is 12.8. The lowest BCUT2D eigenvalue weighted by atomic mass is 9.95. The van der Waals surface area contributed by atoms with Crippen LogP contribution in [0.15, 0.2) is 84.4 Å². The minimum absolute atomic E-state index is 0.00545. The molecule has 5 amide bonds. The largest absolute Gasteiger partial charge is 0.478 e. The van der Waals surface area contributed by atoms with Crippen LogP contribution in [0.5, 0.6) is 0 Å². The number of amides is 5. The third kappa shape index (κ3) is 12.1. The number of aryl methyl sites for hydroxylation is 2. The molecule has 2 aliphatic rings. The highest BCUT2D eigenvalue weighted by Gasteiger charge is 2.36. The molecule has 400 valence electrons. The first kappa shape index (κ1) is 54.6. The third-order valence-electron chi connectivity index (χ3n) is 12.3. The molecule has 0 saturated heterocycles. The lowest BCUT2D eigenvalue weighted by Crippen LogP contribution is -2.43. The van der Waals surface area contributed by atoms with Gasteiger partial charge >= 0.3 is 18.0 Å². The molecule has 24 heteroatoms. The first-order chi connectivity index (χ1) is 37.0. The van der Waals surface area contributed by atoms with E-state index in [1.165, 1.54) is 35.6 Å². The summed E-state index contributed by atoms with van der Waals surface area (Å²) in [5.41, 5.74) is 3.89. The van der Waals surface area contributed by atoms with Crippen molar-refractivity contribution in [2.75, 3.05) is 80.1 Å². The Bertz CT molecular complexity index is 3330. The number of urea groups is 2. The van der Waals surface area contributed by atoms with E-state index >= 15 is 0 Å². The van der Waals surface area contributed by atoms with E-state index in [1.54, 1.807) is 29.8 Å². The van der Waals surface area contributed by atoms with Crippen molar-refractivity contribution >= 4 is 75.3 Å². The van der Waals surface area contributed by atoms with Gasteiger partial charge in [-0.3, -0.25) is 10.1 Å². The number of rotatable bonds is 17. The van der Waals surface area contributed by atoms with Gasteiger partial charge in [0.2, 0.25) is 11.9 Å². The van der Waals surface area contributed by atoms with E-state index in [9.17, 15) is 41.8 Å². The molecule has 4 aromatic carbocycles. The number of nitrogens with one attached hydrogen (secondary N) is 5. The Morgan fingerprint density at radius 1 is 0.662 bits per heavy atom. The van der Waals surface area contributed by atoms with Gasteiger partial charge in [0.25, 0.3) is 5.91 Å². The number of likely N-dealkylation sites (N-methyl/N-ethyl adjacent to an activating group) is 2. The average molecular weight is 1080 g/mol. The highest BCUT2D eigenvalue weighted by atomic mass is 32.1. The average Bonchev–Trinajstić information content (AvgIpc) is 3.92. The zero-order valence-corrected chi connectivity index (χ0v) is 43.6. The fourth-order valence-electron chi connectivity index (χ4n) is 8.46. The Hall–Kier alpha value is -8.61. The van der Waals surface area contributed by atoms with Crippen LogP contribution >= 0.6 is 11.3 Å². The number of carboxylic acids is 1. The summed E-state index contributed by atoms with van der Waals surface area (Å²) in [4.78, 5) is 79.0. The van der Waals surface area contributed by atoms with Gasteiger partial charge in [0.1, 0.15) is 34.6 Å². The highest BCUT2D eigenvalue weighted by molar-refractivity contribution is 7.13. The van der Waals surface area contributed by atoms with E-state index in [0.717, 1.165) is 45.2 Å². The van der Waals surface area contributed by atoms with E-state index in [2.05, 4.69) is 46.5 Å². The van der Waals surface area contributed by atoms with Crippen LogP contribution in [0.25, 0.3) is 22.5 Å². The molecular weight excluding hydrogens is 1020 g/mol. The predicted molar refractivity (Wildman–Crippen MR) is 286 cm³/mol. The van der Waals surface area contributed by atoms with Crippen molar-refractivity contribution < 1.29 is 41.8 Å². The molecule has 0 fully saturated rings. The Balaban J connectivity index is 0.000000205. The Kier molecular flexibility index (Phi) is 17.0. The highest BCUT2D eigenvalue weighted by Crippen LogP contribution is 2.41. The number of benzene rings is 4. The number of carbonyl (C=O) groups excluding carboxylic acids is 3. The lowest BCUT2D eigenvalue weighted by Gasteiger charge is -2.31. The third-order valence-corrected chi connectivity index (χ3v) is 13.0. The number of aromatic carboxylic acids is 1. The fraction of sp³-hybridized carbons (Fsp3) is 0.264. The summed E-state index contributed by atoms with van der Waals surface area (Å²) in [6.07, 6.45) is 2.79. The van der Waals surface area contributed by atoms with Gasteiger partial charge in [-0.25, -0.2) is 56.7 Å². The summed E-state index contributed by atoms with van der Waals surface area (Å²) in [7, 11) is 7.64. The van der Waals surface area contributed by atoms with Crippen LogP contribution in [0, 0.1) is 23.3 Å². The number of para-hydroxylation sites is 2. The molecule has 6 N–H and O–H groups in total. The van der Waals surface area contributed by atoms with Crippen LogP contribution < -0.4 is 36.4 Å². The van der Waals surface area contributed by atoms with Crippen molar-refractivity contribution in [3.63, 3.8) is 0 Å².